The van der Waals surface area contributed by atoms with E-state index in [9.17, 15) is 14.4 Å². The highest BCUT2D eigenvalue weighted by molar-refractivity contribution is 6.31. The molecule has 0 fully saturated rings. The lowest BCUT2D eigenvalue weighted by molar-refractivity contribution is -0.119. The molecule has 138 valence electrons. The first-order valence-corrected chi connectivity index (χ1v) is 8.19. The number of carbonyl (C=O) groups is 2. The minimum atomic E-state index is -0.956. The molecule has 3 aromatic rings. The van der Waals surface area contributed by atoms with E-state index < -0.39 is 24.1 Å². The Kier molecular flexibility index (Phi) is 5.42. The largest absolute Gasteiger partial charge is 0.495 e. The average molecular weight is 388 g/mol. The molecule has 0 atom stereocenters. The molecule has 0 saturated carbocycles. The Balaban J connectivity index is 1.69. The molecule has 0 saturated heterocycles. The lowest BCUT2D eigenvalue weighted by Crippen LogP contribution is -2.23. The summed E-state index contributed by atoms with van der Waals surface area (Å²) in [5.41, 5.74) is -0.446. The van der Waals surface area contributed by atoms with E-state index in [1.807, 2.05) is 0 Å². The van der Waals surface area contributed by atoms with Crippen molar-refractivity contribution >= 4 is 40.1 Å². The number of nitrogens with one attached hydrogen (secondary N) is 1. The summed E-state index contributed by atoms with van der Waals surface area (Å²) in [6, 6.07) is 12.8. The third-order valence-electron chi connectivity index (χ3n) is 3.63. The van der Waals surface area contributed by atoms with Crippen LogP contribution in [0.4, 0.5) is 5.69 Å². The molecule has 1 amide bonds. The average Bonchev–Trinajstić information content (AvgIpc) is 2.65. The van der Waals surface area contributed by atoms with Gasteiger partial charge in [0.1, 0.15) is 16.9 Å². The Morgan fingerprint density at radius 3 is 2.70 bits per heavy atom. The van der Waals surface area contributed by atoms with Gasteiger partial charge in [-0.05, 0) is 30.3 Å². The number of para-hydroxylation sites is 1. The van der Waals surface area contributed by atoms with E-state index >= 15 is 0 Å². The summed E-state index contributed by atoms with van der Waals surface area (Å²) < 4.78 is 15.1. The van der Waals surface area contributed by atoms with Crippen LogP contribution in [0.2, 0.25) is 5.02 Å². The molecule has 0 radical (unpaired) electrons. The second-order valence-corrected chi connectivity index (χ2v) is 5.89. The molecule has 1 heterocycles. The Morgan fingerprint density at radius 1 is 1.15 bits per heavy atom. The molecule has 0 spiro atoms. The summed E-state index contributed by atoms with van der Waals surface area (Å²) in [5, 5.41) is 3.49. The number of amides is 1. The highest BCUT2D eigenvalue weighted by atomic mass is 35.5. The molecule has 1 N–H and O–H groups in total. The van der Waals surface area contributed by atoms with Gasteiger partial charge in [-0.3, -0.25) is 4.79 Å². The molecule has 2 aromatic carbocycles. The molecule has 0 aliphatic rings. The van der Waals surface area contributed by atoms with Crippen molar-refractivity contribution in [2.75, 3.05) is 19.0 Å². The minimum absolute atomic E-state index is 0.290. The molecule has 1 aromatic heterocycles. The molecule has 0 bridgehead atoms. The van der Waals surface area contributed by atoms with Crippen LogP contribution in [0.15, 0.2) is 57.7 Å². The number of hydrogen-bond acceptors (Lipinski definition) is 6. The summed E-state index contributed by atoms with van der Waals surface area (Å²) in [5.74, 6) is -1.17. The van der Waals surface area contributed by atoms with Crippen LogP contribution in [0.25, 0.3) is 11.0 Å². The maximum atomic E-state index is 12.1. The molecule has 3 rings (SSSR count). The number of carbonyl (C=O) groups excluding carboxylic acids is 2. The first-order chi connectivity index (χ1) is 13.0. The van der Waals surface area contributed by atoms with Gasteiger partial charge in [-0.15, -0.1) is 0 Å². The van der Waals surface area contributed by atoms with Gasteiger partial charge in [-0.25, -0.2) is 9.59 Å². The van der Waals surface area contributed by atoms with Gasteiger partial charge >= 0.3 is 11.6 Å². The molecule has 7 nitrogen and oxygen atoms in total. The van der Waals surface area contributed by atoms with Crippen LogP contribution in [0.1, 0.15) is 10.4 Å². The van der Waals surface area contributed by atoms with Gasteiger partial charge in [0, 0.05) is 10.4 Å². The zero-order valence-corrected chi connectivity index (χ0v) is 14.9. The molecule has 0 unspecified atom stereocenters. The molecule has 0 aliphatic heterocycles. The van der Waals surface area contributed by atoms with Crippen molar-refractivity contribution < 1.29 is 23.5 Å². The predicted octanol–water partition coefficient (Wildman–Crippen LogP) is 3.25. The lowest BCUT2D eigenvalue weighted by atomic mass is 10.2. The fraction of sp³-hybridized carbons (Fsp3) is 0.105. The standard InChI is InChI=1S/C19H14ClNO6/c1-25-16-7-6-12(20)9-14(16)21-17(22)10-26-18(23)13-8-11-4-2-3-5-15(11)27-19(13)24/h2-9H,10H2,1H3,(H,21,22). The zero-order chi connectivity index (χ0) is 19.4. The highest BCUT2D eigenvalue weighted by Gasteiger charge is 2.17. The van der Waals surface area contributed by atoms with E-state index in [4.69, 9.17) is 25.5 Å². The Labute approximate surface area is 158 Å². The number of benzene rings is 2. The fourth-order valence-electron chi connectivity index (χ4n) is 2.38. The van der Waals surface area contributed by atoms with Crippen LogP contribution in [0, 0.1) is 0 Å². The van der Waals surface area contributed by atoms with E-state index in [-0.39, 0.29) is 5.56 Å². The number of fused-ring (bicyclic) bond motifs is 1. The summed E-state index contributed by atoms with van der Waals surface area (Å²) in [7, 11) is 1.44. The molecule has 8 heteroatoms. The predicted molar refractivity (Wildman–Crippen MR) is 99.4 cm³/mol. The number of methoxy groups -OCH3 is 1. The maximum absolute atomic E-state index is 12.1. The molecular weight excluding hydrogens is 374 g/mol. The van der Waals surface area contributed by atoms with E-state index in [0.29, 0.717) is 27.4 Å². The number of hydrogen-bond donors (Lipinski definition) is 1. The van der Waals surface area contributed by atoms with Crippen LogP contribution < -0.4 is 15.7 Å². The van der Waals surface area contributed by atoms with E-state index in [2.05, 4.69) is 5.32 Å². The van der Waals surface area contributed by atoms with Gasteiger partial charge in [0.2, 0.25) is 0 Å². The van der Waals surface area contributed by atoms with Gasteiger partial charge < -0.3 is 19.2 Å². The number of halogens is 1. The first kappa shape index (κ1) is 18.5. The Bertz CT molecular complexity index is 1080. The van der Waals surface area contributed by atoms with Crippen LogP contribution in [0.5, 0.6) is 5.75 Å². The smallest absolute Gasteiger partial charge is 0.351 e. The SMILES string of the molecule is COc1ccc(Cl)cc1NC(=O)COC(=O)c1cc2ccccc2oc1=O. The van der Waals surface area contributed by atoms with Gasteiger partial charge in [0.25, 0.3) is 5.91 Å². The van der Waals surface area contributed by atoms with Gasteiger partial charge in [0.05, 0.1) is 12.8 Å². The van der Waals surface area contributed by atoms with Crippen LogP contribution >= 0.6 is 11.6 Å². The summed E-state index contributed by atoms with van der Waals surface area (Å²) in [6.45, 7) is -0.596. The number of rotatable bonds is 5. The number of esters is 1. The van der Waals surface area contributed by atoms with Crippen molar-refractivity contribution in [1.82, 2.24) is 0 Å². The van der Waals surface area contributed by atoms with Crippen molar-refractivity contribution in [3.8, 4) is 5.75 Å². The third kappa shape index (κ3) is 4.27. The van der Waals surface area contributed by atoms with Crippen molar-refractivity contribution in [2.45, 2.75) is 0 Å². The minimum Gasteiger partial charge on any atom is -0.495 e. The van der Waals surface area contributed by atoms with Crippen molar-refractivity contribution in [2.24, 2.45) is 0 Å². The second kappa shape index (κ2) is 7.92. The quantitative estimate of drug-likeness (QED) is 0.533. The molecule has 0 aliphatic carbocycles. The van der Waals surface area contributed by atoms with Gasteiger partial charge in [-0.1, -0.05) is 29.8 Å². The van der Waals surface area contributed by atoms with Gasteiger partial charge in [0.15, 0.2) is 6.61 Å². The second-order valence-electron chi connectivity index (χ2n) is 5.45. The fourth-order valence-corrected chi connectivity index (χ4v) is 2.55. The van der Waals surface area contributed by atoms with E-state index in [0.717, 1.165) is 0 Å². The monoisotopic (exact) mass is 387 g/mol. The summed E-state index contributed by atoms with van der Waals surface area (Å²) in [4.78, 5) is 36.1. The third-order valence-corrected chi connectivity index (χ3v) is 3.87. The van der Waals surface area contributed by atoms with Crippen molar-refractivity contribution in [3.63, 3.8) is 0 Å². The summed E-state index contributed by atoms with van der Waals surface area (Å²) >= 11 is 5.89. The highest BCUT2D eigenvalue weighted by Crippen LogP contribution is 2.27. The Morgan fingerprint density at radius 2 is 1.93 bits per heavy atom. The van der Waals surface area contributed by atoms with Gasteiger partial charge in [-0.2, -0.15) is 0 Å². The van der Waals surface area contributed by atoms with Crippen LogP contribution in [0.3, 0.4) is 0 Å². The van der Waals surface area contributed by atoms with Crippen LogP contribution in [-0.2, 0) is 9.53 Å². The first-order valence-electron chi connectivity index (χ1n) is 7.81. The summed E-state index contributed by atoms with van der Waals surface area (Å²) in [6.07, 6.45) is 0. The van der Waals surface area contributed by atoms with Crippen molar-refractivity contribution in [3.05, 3.63) is 69.5 Å². The normalized spacial score (nSPS) is 10.4. The van der Waals surface area contributed by atoms with Crippen LogP contribution in [-0.4, -0.2) is 25.6 Å². The Hall–Kier alpha value is -3.32. The molecular formula is C19H14ClNO6. The number of anilines is 1. The number of ether oxygens (including phenoxy) is 2. The topological polar surface area (TPSA) is 94.8 Å². The zero-order valence-electron chi connectivity index (χ0n) is 14.2. The lowest BCUT2D eigenvalue weighted by Gasteiger charge is -2.10. The van der Waals surface area contributed by atoms with E-state index in [1.54, 1.807) is 36.4 Å². The molecule has 27 heavy (non-hydrogen) atoms. The van der Waals surface area contributed by atoms with E-state index in [1.165, 1.54) is 19.2 Å². The van der Waals surface area contributed by atoms with Crippen molar-refractivity contribution in [1.29, 1.82) is 0 Å². The maximum Gasteiger partial charge on any atom is 0.351 e.